The van der Waals surface area contributed by atoms with Crippen molar-refractivity contribution in [3.8, 4) is 11.5 Å². The SMILES string of the molecule is C/C=C\c1ccc(O)c(OC)c1.[Y]. The van der Waals surface area contributed by atoms with Crippen LogP contribution < -0.4 is 4.74 Å². The van der Waals surface area contributed by atoms with E-state index in [-0.39, 0.29) is 38.5 Å². The molecular formula is C10H12O2Y. The van der Waals surface area contributed by atoms with Crippen molar-refractivity contribution >= 4 is 6.08 Å². The molecule has 0 spiro atoms. The number of aromatic hydroxyl groups is 1. The molecule has 0 aromatic heterocycles. The molecule has 0 bridgehead atoms. The maximum atomic E-state index is 9.25. The van der Waals surface area contributed by atoms with E-state index >= 15 is 0 Å². The summed E-state index contributed by atoms with van der Waals surface area (Å²) in [5.41, 5.74) is 1.02. The zero-order chi connectivity index (χ0) is 8.97. The molecule has 1 rings (SSSR count). The Morgan fingerprint density at radius 3 is 2.62 bits per heavy atom. The Hall–Kier alpha value is -0.336. The number of phenols is 1. The Balaban J connectivity index is 0.00000144. The first-order valence-electron chi connectivity index (χ1n) is 3.77. The smallest absolute Gasteiger partial charge is 0.161 e. The Bertz CT molecular complexity index is 295. The van der Waals surface area contributed by atoms with Crippen molar-refractivity contribution in [3.63, 3.8) is 0 Å². The zero-order valence-electron chi connectivity index (χ0n) is 7.82. The first kappa shape index (κ1) is 12.7. The van der Waals surface area contributed by atoms with Gasteiger partial charge in [-0.05, 0) is 24.6 Å². The second kappa shape index (κ2) is 6.17. The van der Waals surface area contributed by atoms with Gasteiger partial charge in [0.1, 0.15) is 0 Å². The van der Waals surface area contributed by atoms with Gasteiger partial charge in [0, 0.05) is 32.7 Å². The summed E-state index contributed by atoms with van der Waals surface area (Å²) in [5.74, 6) is 0.677. The van der Waals surface area contributed by atoms with E-state index in [0.29, 0.717) is 5.75 Å². The van der Waals surface area contributed by atoms with Gasteiger partial charge < -0.3 is 9.84 Å². The van der Waals surface area contributed by atoms with Crippen LogP contribution in [0, 0.1) is 0 Å². The van der Waals surface area contributed by atoms with Crippen LogP contribution in [0.3, 0.4) is 0 Å². The van der Waals surface area contributed by atoms with Crippen molar-refractivity contribution in [2.24, 2.45) is 0 Å². The molecule has 0 unspecified atom stereocenters. The molecule has 1 radical (unpaired) electrons. The third-order valence-electron chi connectivity index (χ3n) is 1.56. The Kier molecular flexibility index (Phi) is 6.01. The molecule has 3 heteroatoms. The van der Waals surface area contributed by atoms with Crippen molar-refractivity contribution < 1.29 is 42.6 Å². The first-order chi connectivity index (χ1) is 5.77. The van der Waals surface area contributed by atoms with Gasteiger partial charge in [-0.25, -0.2) is 0 Å². The fraction of sp³-hybridized carbons (Fsp3) is 0.200. The van der Waals surface area contributed by atoms with Gasteiger partial charge in [0.25, 0.3) is 0 Å². The van der Waals surface area contributed by atoms with E-state index in [1.807, 2.05) is 25.1 Å². The third-order valence-corrected chi connectivity index (χ3v) is 1.56. The fourth-order valence-corrected chi connectivity index (χ4v) is 0.990. The molecular weight excluding hydrogens is 241 g/mol. The average molecular weight is 253 g/mol. The number of methoxy groups -OCH3 is 1. The Labute approximate surface area is 103 Å². The predicted molar refractivity (Wildman–Crippen MR) is 49.4 cm³/mol. The number of benzene rings is 1. The summed E-state index contributed by atoms with van der Waals surface area (Å²) in [6.45, 7) is 1.94. The van der Waals surface area contributed by atoms with Crippen LogP contribution in [0.4, 0.5) is 0 Å². The molecule has 0 aliphatic rings. The molecule has 0 saturated carbocycles. The minimum Gasteiger partial charge on any atom is -0.504 e. The van der Waals surface area contributed by atoms with Crippen LogP contribution in [0.25, 0.3) is 6.08 Å². The second-order valence-electron chi connectivity index (χ2n) is 2.43. The van der Waals surface area contributed by atoms with E-state index in [4.69, 9.17) is 4.74 Å². The van der Waals surface area contributed by atoms with Gasteiger partial charge in [0.05, 0.1) is 7.11 Å². The molecule has 0 aliphatic carbocycles. The molecule has 2 nitrogen and oxygen atoms in total. The van der Waals surface area contributed by atoms with E-state index in [9.17, 15) is 5.11 Å². The van der Waals surface area contributed by atoms with E-state index in [1.54, 1.807) is 12.1 Å². The van der Waals surface area contributed by atoms with Gasteiger partial charge in [-0.15, -0.1) is 0 Å². The number of allylic oxidation sites excluding steroid dienone is 1. The number of ether oxygens (including phenoxy) is 1. The fourth-order valence-electron chi connectivity index (χ4n) is 0.990. The number of phenolic OH excluding ortho intramolecular Hbond substituents is 1. The zero-order valence-corrected chi connectivity index (χ0v) is 10.7. The minimum absolute atomic E-state index is 0. The largest absolute Gasteiger partial charge is 0.504 e. The molecule has 1 aromatic carbocycles. The Morgan fingerprint density at radius 2 is 2.08 bits per heavy atom. The van der Waals surface area contributed by atoms with Gasteiger partial charge in [-0.2, -0.15) is 0 Å². The molecule has 0 aliphatic heterocycles. The summed E-state index contributed by atoms with van der Waals surface area (Å²) in [4.78, 5) is 0. The quantitative estimate of drug-likeness (QED) is 0.877. The van der Waals surface area contributed by atoms with Crippen LogP contribution in [0.5, 0.6) is 11.5 Å². The van der Waals surface area contributed by atoms with Gasteiger partial charge in [0.15, 0.2) is 11.5 Å². The molecule has 0 amide bonds. The Morgan fingerprint density at radius 1 is 1.38 bits per heavy atom. The summed E-state index contributed by atoms with van der Waals surface area (Å²) in [6, 6.07) is 5.24. The molecule has 67 valence electrons. The second-order valence-corrected chi connectivity index (χ2v) is 2.43. The molecule has 13 heavy (non-hydrogen) atoms. The van der Waals surface area contributed by atoms with Crippen molar-refractivity contribution in [1.82, 2.24) is 0 Å². The average Bonchev–Trinajstić information content (AvgIpc) is 2.09. The molecule has 0 fully saturated rings. The van der Waals surface area contributed by atoms with Gasteiger partial charge in [0.2, 0.25) is 0 Å². The standard InChI is InChI=1S/C10H12O2.Y/c1-3-4-8-5-6-9(11)10(7-8)12-2;/h3-7,11H,1-2H3;/b4-3-;. The number of hydrogen-bond donors (Lipinski definition) is 1. The summed E-state index contributed by atoms with van der Waals surface area (Å²) >= 11 is 0. The predicted octanol–water partition coefficient (Wildman–Crippen LogP) is 2.43. The topological polar surface area (TPSA) is 29.5 Å². The first-order valence-corrected chi connectivity index (χ1v) is 3.77. The van der Waals surface area contributed by atoms with Crippen LogP contribution in [0.1, 0.15) is 12.5 Å². The molecule has 0 heterocycles. The maximum Gasteiger partial charge on any atom is 0.161 e. The number of hydrogen-bond acceptors (Lipinski definition) is 2. The minimum atomic E-state index is 0. The van der Waals surface area contributed by atoms with Crippen LogP contribution >= 0.6 is 0 Å². The van der Waals surface area contributed by atoms with E-state index in [0.717, 1.165) is 5.56 Å². The summed E-state index contributed by atoms with van der Waals surface area (Å²) in [6.07, 6.45) is 3.88. The van der Waals surface area contributed by atoms with Crippen LogP contribution in [-0.2, 0) is 32.7 Å². The summed E-state index contributed by atoms with van der Waals surface area (Å²) in [5, 5.41) is 9.25. The van der Waals surface area contributed by atoms with Crippen molar-refractivity contribution in [2.75, 3.05) is 7.11 Å². The van der Waals surface area contributed by atoms with Crippen LogP contribution in [0.2, 0.25) is 0 Å². The molecule has 1 N–H and O–H groups in total. The van der Waals surface area contributed by atoms with Gasteiger partial charge in [-0.1, -0.05) is 18.2 Å². The third kappa shape index (κ3) is 3.49. The van der Waals surface area contributed by atoms with Crippen molar-refractivity contribution in [2.45, 2.75) is 6.92 Å². The molecule has 0 atom stereocenters. The monoisotopic (exact) mass is 253 g/mol. The van der Waals surface area contributed by atoms with Crippen molar-refractivity contribution in [3.05, 3.63) is 29.8 Å². The van der Waals surface area contributed by atoms with E-state index in [2.05, 4.69) is 0 Å². The van der Waals surface area contributed by atoms with Crippen LogP contribution in [0.15, 0.2) is 24.3 Å². The molecule has 1 aromatic rings. The summed E-state index contributed by atoms with van der Waals surface area (Å²) in [7, 11) is 1.54. The number of rotatable bonds is 2. The van der Waals surface area contributed by atoms with Crippen molar-refractivity contribution in [1.29, 1.82) is 0 Å². The van der Waals surface area contributed by atoms with Gasteiger partial charge in [-0.3, -0.25) is 0 Å². The van der Waals surface area contributed by atoms with E-state index in [1.165, 1.54) is 7.11 Å². The van der Waals surface area contributed by atoms with Gasteiger partial charge >= 0.3 is 0 Å². The van der Waals surface area contributed by atoms with E-state index < -0.39 is 0 Å². The molecule has 0 saturated heterocycles. The summed E-state index contributed by atoms with van der Waals surface area (Å²) < 4.78 is 4.95. The maximum absolute atomic E-state index is 9.25. The van der Waals surface area contributed by atoms with Crippen LogP contribution in [-0.4, -0.2) is 12.2 Å². The normalized spacial score (nSPS) is 9.69.